The predicted octanol–water partition coefficient (Wildman–Crippen LogP) is 2.42. The number of carbonyl (C=O) groups excluding carboxylic acids is 1. The number of hydrogen-bond acceptors (Lipinski definition) is 3. The number of halogens is 2. The summed E-state index contributed by atoms with van der Waals surface area (Å²) in [6.07, 6.45) is 2.93. The second-order valence-electron chi connectivity index (χ2n) is 3.48. The molecule has 0 aliphatic heterocycles. The number of hydroxylamine groups is 1. The Balaban J connectivity index is 1.89. The summed E-state index contributed by atoms with van der Waals surface area (Å²) in [6, 6.07) is 4.50. The van der Waals surface area contributed by atoms with E-state index in [1.165, 1.54) is 12.5 Å². The predicted molar refractivity (Wildman–Crippen MR) is 57.3 cm³/mol. The van der Waals surface area contributed by atoms with Crippen LogP contribution in [0.2, 0.25) is 0 Å². The average Bonchev–Trinajstić information content (AvgIpc) is 2.85. The molecule has 94 valence electrons. The number of carbonyl (C=O) groups is 1. The van der Waals surface area contributed by atoms with Crippen molar-refractivity contribution in [3.63, 3.8) is 0 Å². The smallest absolute Gasteiger partial charge is 0.274 e. The molecule has 2 rings (SSSR count). The van der Waals surface area contributed by atoms with Crippen LogP contribution in [0.4, 0.5) is 8.78 Å². The van der Waals surface area contributed by atoms with Crippen LogP contribution in [0.15, 0.2) is 41.2 Å². The summed E-state index contributed by atoms with van der Waals surface area (Å²) in [6.45, 7) is 0.117. The lowest BCUT2D eigenvalue weighted by Gasteiger charge is -2.05. The number of nitrogens with one attached hydrogen (secondary N) is 1. The maximum atomic E-state index is 12.9. The highest BCUT2D eigenvalue weighted by atomic mass is 19.2. The fourth-order valence-corrected chi connectivity index (χ4v) is 1.26. The zero-order valence-corrected chi connectivity index (χ0v) is 9.15. The van der Waals surface area contributed by atoms with E-state index in [9.17, 15) is 13.6 Å². The van der Waals surface area contributed by atoms with Gasteiger partial charge in [-0.15, -0.1) is 0 Å². The van der Waals surface area contributed by atoms with E-state index >= 15 is 0 Å². The van der Waals surface area contributed by atoms with E-state index in [0.29, 0.717) is 0 Å². The molecular weight excluding hydrogens is 244 g/mol. The molecule has 0 atom stereocenters. The van der Waals surface area contributed by atoms with E-state index in [-0.39, 0.29) is 12.2 Å². The van der Waals surface area contributed by atoms with Crippen LogP contribution in [-0.2, 0) is 11.4 Å². The van der Waals surface area contributed by atoms with Crippen molar-refractivity contribution < 1.29 is 22.8 Å². The van der Waals surface area contributed by atoms with Gasteiger partial charge in [-0.1, -0.05) is 0 Å². The van der Waals surface area contributed by atoms with Gasteiger partial charge in [-0.05, 0) is 24.3 Å². The molecule has 2 aromatic rings. The van der Waals surface area contributed by atoms with E-state index in [2.05, 4.69) is 5.48 Å². The van der Waals surface area contributed by atoms with Gasteiger partial charge in [0.15, 0.2) is 11.6 Å². The van der Waals surface area contributed by atoms with Gasteiger partial charge in [-0.3, -0.25) is 9.63 Å². The minimum Gasteiger partial charge on any atom is -0.472 e. The fourth-order valence-electron chi connectivity index (χ4n) is 1.26. The third-order valence-electron chi connectivity index (χ3n) is 2.17. The molecule has 1 aromatic carbocycles. The normalized spacial score (nSPS) is 10.3. The maximum Gasteiger partial charge on any atom is 0.274 e. The molecular formula is C12H9F2NO3. The van der Waals surface area contributed by atoms with E-state index in [0.717, 1.165) is 23.8 Å². The molecule has 0 saturated carbocycles. The Labute approximate surface area is 101 Å². The Morgan fingerprint density at radius 1 is 1.28 bits per heavy atom. The molecule has 1 aromatic heterocycles. The highest BCUT2D eigenvalue weighted by molar-refractivity contribution is 5.93. The third-order valence-corrected chi connectivity index (χ3v) is 2.17. The van der Waals surface area contributed by atoms with Gasteiger partial charge in [-0.25, -0.2) is 14.3 Å². The molecule has 0 radical (unpaired) electrons. The number of furan rings is 1. The van der Waals surface area contributed by atoms with Crippen LogP contribution in [0.1, 0.15) is 15.9 Å². The van der Waals surface area contributed by atoms with Gasteiger partial charge in [0.05, 0.1) is 12.5 Å². The lowest BCUT2D eigenvalue weighted by molar-refractivity contribution is 0.0231. The quantitative estimate of drug-likeness (QED) is 0.851. The average molecular weight is 253 g/mol. The molecule has 1 amide bonds. The Bertz CT molecular complexity index is 540. The zero-order chi connectivity index (χ0) is 13.0. The van der Waals surface area contributed by atoms with Crippen molar-refractivity contribution in [1.82, 2.24) is 5.48 Å². The van der Waals surface area contributed by atoms with Crippen molar-refractivity contribution in [1.29, 1.82) is 0 Å². The van der Waals surface area contributed by atoms with Gasteiger partial charge in [-0.2, -0.15) is 0 Å². The van der Waals surface area contributed by atoms with E-state index in [4.69, 9.17) is 9.25 Å². The first-order valence-corrected chi connectivity index (χ1v) is 5.05. The minimum absolute atomic E-state index is 0.0268. The molecule has 0 spiro atoms. The van der Waals surface area contributed by atoms with Crippen LogP contribution in [0.25, 0.3) is 0 Å². The van der Waals surface area contributed by atoms with Crippen LogP contribution < -0.4 is 5.48 Å². The van der Waals surface area contributed by atoms with Gasteiger partial charge in [0, 0.05) is 11.1 Å². The van der Waals surface area contributed by atoms with Crippen LogP contribution in [-0.4, -0.2) is 5.91 Å². The van der Waals surface area contributed by atoms with E-state index < -0.39 is 17.5 Å². The fraction of sp³-hybridized carbons (Fsp3) is 0.0833. The Morgan fingerprint density at radius 3 is 2.78 bits per heavy atom. The Hall–Kier alpha value is -2.21. The highest BCUT2D eigenvalue weighted by Crippen LogP contribution is 2.08. The highest BCUT2D eigenvalue weighted by Gasteiger charge is 2.09. The Morgan fingerprint density at radius 2 is 2.11 bits per heavy atom. The second kappa shape index (κ2) is 5.42. The molecule has 0 saturated heterocycles. The zero-order valence-electron chi connectivity index (χ0n) is 9.15. The molecule has 1 N–H and O–H groups in total. The molecule has 0 aliphatic rings. The van der Waals surface area contributed by atoms with Gasteiger partial charge < -0.3 is 4.42 Å². The number of benzene rings is 1. The molecule has 1 heterocycles. The Kier molecular flexibility index (Phi) is 3.69. The van der Waals surface area contributed by atoms with Crippen molar-refractivity contribution >= 4 is 5.91 Å². The van der Waals surface area contributed by atoms with Crippen molar-refractivity contribution in [2.45, 2.75) is 6.61 Å². The monoisotopic (exact) mass is 253 g/mol. The van der Waals surface area contributed by atoms with Crippen LogP contribution >= 0.6 is 0 Å². The van der Waals surface area contributed by atoms with Crippen LogP contribution in [0.3, 0.4) is 0 Å². The molecule has 4 nitrogen and oxygen atoms in total. The molecule has 6 heteroatoms. The van der Waals surface area contributed by atoms with Gasteiger partial charge in [0.1, 0.15) is 6.61 Å². The summed E-state index contributed by atoms with van der Waals surface area (Å²) >= 11 is 0. The minimum atomic E-state index is -1.09. The van der Waals surface area contributed by atoms with Crippen molar-refractivity contribution in [3.05, 3.63) is 59.6 Å². The lowest BCUT2D eigenvalue weighted by Crippen LogP contribution is -2.23. The maximum absolute atomic E-state index is 12.9. The SMILES string of the molecule is O=C(NOCc1ccoc1)c1ccc(F)c(F)c1. The first-order chi connectivity index (χ1) is 8.66. The third kappa shape index (κ3) is 2.92. The molecule has 0 bridgehead atoms. The van der Waals surface area contributed by atoms with E-state index in [1.54, 1.807) is 6.07 Å². The van der Waals surface area contributed by atoms with Crippen LogP contribution in [0, 0.1) is 11.6 Å². The summed E-state index contributed by atoms with van der Waals surface area (Å²) < 4.78 is 30.3. The second-order valence-corrected chi connectivity index (χ2v) is 3.48. The number of rotatable bonds is 4. The summed E-state index contributed by atoms with van der Waals surface area (Å²) in [4.78, 5) is 16.4. The van der Waals surface area contributed by atoms with Crippen molar-refractivity contribution in [3.8, 4) is 0 Å². The van der Waals surface area contributed by atoms with Gasteiger partial charge >= 0.3 is 0 Å². The summed E-state index contributed by atoms with van der Waals surface area (Å²) in [7, 11) is 0. The molecule has 18 heavy (non-hydrogen) atoms. The van der Waals surface area contributed by atoms with Crippen LogP contribution in [0.5, 0.6) is 0 Å². The number of amides is 1. The lowest BCUT2D eigenvalue weighted by atomic mass is 10.2. The van der Waals surface area contributed by atoms with Gasteiger partial charge in [0.25, 0.3) is 5.91 Å². The largest absolute Gasteiger partial charge is 0.472 e. The van der Waals surface area contributed by atoms with Crippen molar-refractivity contribution in [2.75, 3.05) is 0 Å². The summed E-state index contributed by atoms with van der Waals surface area (Å²) in [5.41, 5.74) is 2.82. The van der Waals surface area contributed by atoms with Crippen molar-refractivity contribution in [2.24, 2.45) is 0 Å². The molecule has 0 unspecified atom stereocenters. The number of hydrogen-bond donors (Lipinski definition) is 1. The first kappa shape index (κ1) is 12.3. The summed E-state index contributed by atoms with van der Waals surface area (Å²) in [5, 5.41) is 0. The first-order valence-electron chi connectivity index (χ1n) is 5.05. The molecule has 0 aliphatic carbocycles. The standard InChI is InChI=1S/C12H9F2NO3/c13-10-2-1-9(5-11(10)14)12(16)15-18-7-8-3-4-17-6-8/h1-6H,7H2,(H,15,16). The summed E-state index contributed by atoms with van der Waals surface area (Å²) in [5.74, 6) is -2.75. The molecule has 0 fully saturated rings. The van der Waals surface area contributed by atoms with Gasteiger partial charge in [0.2, 0.25) is 0 Å². The topological polar surface area (TPSA) is 51.5 Å². The van der Waals surface area contributed by atoms with E-state index in [1.807, 2.05) is 0 Å².